The molecule has 2 saturated heterocycles. The van der Waals surface area contributed by atoms with E-state index in [4.69, 9.17) is 9.47 Å². The highest BCUT2D eigenvalue weighted by atomic mass is 19.2. The van der Waals surface area contributed by atoms with Crippen LogP contribution in [0.5, 0.6) is 0 Å². The summed E-state index contributed by atoms with van der Waals surface area (Å²) in [5.74, 6) is -1.49. The van der Waals surface area contributed by atoms with Gasteiger partial charge in [0.15, 0.2) is 11.6 Å². The number of ether oxygens (including phenoxy) is 2. The summed E-state index contributed by atoms with van der Waals surface area (Å²) in [5, 5.41) is 0. The van der Waals surface area contributed by atoms with Crippen LogP contribution in [0, 0.1) is 11.6 Å². The van der Waals surface area contributed by atoms with Gasteiger partial charge in [0.25, 0.3) is 0 Å². The van der Waals surface area contributed by atoms with Crippen molar-refractivity contribution in [2.45, 2.75) is 44.4 Å². The van der Waals surface area contributed by atoms with Gasteiger partial charge in [-0.3, -0.25) is 4.90 Å². The zero-order valence-electron chi connectivity index (χ0n) is 12.8. The Balaban J connectivity index is 1.42. The van der Waals surface area contributed by atoms with Gasteiger partial charge in [0.05, 0.1) is 18.8 Å². The van der Waals surface area contributed by atoms with Crippen molar-refractivity contribution in [3.63, 3.8) is 0 Å². The largest absolute Gasteiger partial charge is 0.376 e. The molecule has 1 aromatic rings. The lowest BCUT2D eigenvalue weighted by Crippen LogP contribution is -2.37. The van der Waals surface area contributed by atoms with E-state index < -0.39 is 11.6 Å². The molecule has 1 atom stereocenters. The molecular formula is C17H23F2NO2. The van der Waals surface area contributed by atoms with E-state index in [1.165, 1.54) is 0 Å². The Morgan fingerprint density at radius 3 is 2.73 bits per heavy atom. The van der Waals surface area contributed by atoms with Crippen LogP contribution in [0.15, 0.2) is 18.2 Å². The summed E-state index contributed by atoms with van der Waals surface area (Å²) in [7, 11) is 0. The van der Waals surface area contributed by atoms with Gasteiger partial charge in [-0.25, -0.2) is 8.78 Å². The predicted octanol–water partition coefficient (Wildman–Crippen LogP) is 3.12. The van der Waals surface area contributed by atoms with Crippen molar-refractivity contribution in [1.29, 1.82) is 0 Å². The number of hydrogen-bond acceptors (Lipinski definition) is 3. The van der Waals surface area contributed by atoms with E-state index in [1.54, 1.807) is 12.1 Å². The number of piperidine rings is 1. The predicted molar refractivity (Wildman–Crippen MR) is 79.6 cm³/mol. The van der Waals surface area contributed by atoms with Crippen molar-refractivity contribution in [2.24, 2.45) is 0 Å². The molecule has 0 saturated carbocycles. The molecule has 0 aliphatic carbocycles. The van der Waals surface area contributed by atoms with Gasteiger partial charge in [-0.05, 0) is 31.7 Å². The molecule has 1 aromatic carbocycles. The maximum Gasteiger partial charge on any atom is 0.163 e. The van der Waals surface area contributed by atoms with Crippen molar-refractivity contribution >= 4 is 0 Å². The van der Waals surface area contributed by atoms with Crippen LogP contribution < -0.4 is 0 Å². The first kappa shape index (κ1) is 15.8. The maximum atomic E-state index is 13.7. The quantitative estimate of drug-likeness (QED) is 0.834. The molecule has 3 rings (SSSR count). The summed E-state index contributed by atoms with van der Waals surface area (Å²) < 4.78 is 38.4. The SMILES string of the molecule is Fc1cccc(CN2CCC(OCC3CCCO3)CC2)c1F. The molecule has 0 spiro atoms. The zero-order valence-corrected chi connectivity index (χ0v) is 12.8. The van der Waals surface area contributed by atoms with E-state index in [2.05, 4.69) is 4.90 Å². The van der Waals surface area contributed by atoms with E-state index in [0.717, 1.165) is 51.4 Å². The lowest BCUT2D eigenvalue weighted by Gasteiger charge is -2.32. The Kier molecular flexibility index (Phi) is 5.39. The summed E-state index contributed by atoms with van der Waals surface area (Å²) in [6, 6.07) is 4.37. The van der Waals surface area contributed by atoms with E-state index >= 15 is 0 Å². The van der Waals surface area contributed by atoms with Crippen molar-refractivity contribution < 1.29 is 18.3 Å². The van der Waals surface area contributed by atoms with Crippen LogP contribution in [-0.4, -0.2) is 43.4 Å². The highest BCUT2D eigenvalue weighted by Crippen LogP contribution is 2.20. The summed E-state index contributed by atoms with van der Waals surface area (Å²) in [6.45, 7) is 3.70. The summed E-state index contributed by atoms with van der Waals surface area (Å²) in [5.41, 5.74) is 0.429. The molecule has 22 heavy (non-hydrogen) atoms. The molecule has 0 N–H and O–H groups in total. The molecule has 5 heteroatoms. The second-order valence-electron chi connectivity index (χ2n) is 6.16. The fourth-order valence-electron chi connectivity index (χ4n) is 3.16. The summed E-state index contributed by atoms with van der Waals surface area (Å²) in [6.07, 6.45) is 4.62. The van der Waals surface area contributed by atoms with Crippen LogP contribution in [0.3, 0.4) is 0 Å². The third-order valence-corrected chi connectivity index (χ3v) is 4.50. The Bertz CT molecular complexity index is 484. The smallest absolute Gasteiger partial charge is 0.163 e. The monoisotopic (exact) mass is 311 g/mol. The fraction of sp³-hybridized carbons (Fsp3) is 0.647. The van der Waals surface area contributed by atoms with Gasteiger partial charge < -0.3 is 9.47 Å². The molecule has 0 amide bonds. The molecule has 0 aromatic heterocycles. The molecule has 1 unspecified atom stereocenters. The molecule has 2 aliphatic rings. The molecule has 0 radical (unpaired) electrons. The summed E-state index contributed by atoms with van der Waals surface area (Å²) >= 11 is 0. The Hall–Kier alpha value is -1.04. The standard InChI is InChI=1S/C17H23F2NO2/c18-16-5-1-3-13(17(16)19)11-20-8-6-14(7-9-20)22-12-15-4-2-10-21-15/h1,3,5,14-15H,2,4,6-12H2. The highest BCUT2D eigenvalue weighted by molar-refractivity contribution is 5.18. The van der Waals surface area contributed by atoms with Gasteiger partial charge in [-0.2, -0.15) is 0 Å². The molecule has 0 bridgehead atoms. The first-order valence-electron chi connectivity index (χ1n) is 8.11. The van der Waals surface area contributed by atoms with Crippen LogP contribution in [-0.2, 0) is 16.0 Å². The fourth-order valence-corrected chi connectivity index (χ4v) is 3.16. The van der Waals surface area contributed by atoms with Crippen molar-refractivity contribution in [3.05, 3.63) is 35.4 Å². The van der Waals surface area contributed by atoms with Gasteiger partial charge >= 0.3 is 0 Å². The van der Waals surface area contributed by atoms with E-state index in [1.807, 2.05) is 0 Å². The van der Waals surface area contributed by atoms with E-state index in [-0.39, 0.29) is 12.2 Å². The first-order valence-corrected chi connectivity index (χ1v) is 8.11. The van der Waals surface area contributed by atoms with Crippen LogP contribution in [0.25, 0.3) is 0 Å². The average molecular weight is 311 g/mol. The lowest BCUT2D eigenvalue weighted by atomic mass is 10.1. The van der Waals surface area contributed by atoms with E-state index in [0.29, 0.717) is 18.7 Å². The number of rotatable bonds is 5. The lowest BCUT2D eigenvalue weighted by molar-refractivity contribution is -0.0427. The van der Waals surface area contributed by atoms with Crippen LogP contribution in [0.4, 0.5) is 8.78 Å². The molecule has 122 valence electrons. The number of hydrogen-bond donors (Lipinski definition) is 0. The Morgan fingerprint density at radius 1 is 1.18 bits per heavy atom. The van der Waals surface area contributed by atoms with Gasteiger partial charge in [0.1, 0.15) is 0 Å². The van der Waals surface area contributed by atoms with E-state index in [9.17, 15) is 8.78 Å². The maximum absolute atomic E-state index is 13.7. The average Bonchev–Trinajstić information content (AvgIpc) is 3.05. The van der Waals surface area contributed by atoms with Crippen LogP contribution >= 0.6 is 0 Å². The van der Waals surface area contributed by atoms with Gasteiger partial charge in [0, 0.05) is 31.8 Å². The van der Waals surface area contributed by atoms with Crippen molar-refractivity contribution in [1.82, 2.24) is 4.90 Å². The number of likely N-dealkylation sites (tertiary alicyclic amines) is 1. The van der Waals surface area contributed by atoms with Gasteiger partial charge in [-0.15, -0.1) is 0 Å². The molecule has 2 fully saturated rings. The summed E-state index contributed by atoms with van der Waals surface area (Å²) in [4.78, 5) is 2.16. The molecule has 2 aliphatic heterocycles. The minimum absolute atomic E-state index is 0.262. The van der Waals surface area contributed by atoms with Gasteiger partial charge in [0.2, 0.25) is 0 Å². The van der Waals surface area contributed by atoms with Crippen LogP contribution in [0.1, 0.15) is 31.2 Å². The minimum atomic E-state index is -0.771. The normalized spacial score (nSPS) is 24.0. The van der Waals surface area contributed by atoms with Crippen molar-refractivity contribution in [2.75, 3.05) is 26.3 Å². The minimum Gasteiger partial charge on any atom is -0.376 e. The van der Waals surface area contributed by atoms with Gasteiger partial charge in [-0.1, -0.05) is 12.1 Å². The second kappa shape index (κ2) is 7.49. The number of halogens is 2. The highest BCUT2D eigenvalue weighted by Gasteiger charge is 2.23. The third-order valence-electron chi connectivity index (χ3n) is 4.50. The van der Waals surface area contributed by atoms with Crippen LogP contribution in [0.2, 0.25) is 0 Å². The third kappa shape index (κ3) is 4.03. The second-order valence-corrected chi connectivity index (χ2v) is 6.16. The zero-order chi connectivity index (χ0) is 15.4. The van der Waals surface area contributed by atoms with Crippen molar-refractivity contribution in [3.8, 4) is 0 Å². The molecular weight excluding hydrogens is 288 g/mol. The topological polar surface area (TPSA) is 21.7 Å². The number of nitrogens with zero attached hydrogens (tertiary/aromatic N) is 1. The molecule has 3 nitrogen and oxygen atoms in total. The molecule has 2 heterocycles. The first-order chi connectivity index (χ1) is 10.7. The number of benzene rings is 1. The Labute approximate surface area is 130 Å². The Morgan fingerprint density at radius 2 is 2.00 bits per heavy atom.